The van der Waals surface area contributed by atoms with Crippen molar-refractivity contribution in [3.8, 4) is 11.3 Å². The Hall–Kier alpha value is -4.12. The molecule has 11 heteroatoms. The Labute approximate surface area is 226 Å². The number of fused-ring (bicyclic) bond motifs is 1. The van der Waals surface area contributed by atoms with Gasteiger partial charge in [-0.15, -0.1) is 0 Å². The van der Waals surface area contributed by atoms with Crippen molar-refractivity contribution in [1.82, 2.24) is 29.8 Å². The molecule has 0 unspecified atom stereocenters. The minimum absolute atomic E-state index is 0.0125. The molecule has 3 heterocycles. The fourth-order valence-electron chi connectivity index (χ4n) is 4.87. The number of nitrogens with one attached hydrogen (secondary N) is 3. The van der Waals surface area contributed by atoms with Crippen molar-refractivity contribution in [1.29, 1.82) is 0 Å². The largest absolute Gasteiger partial charge is 0.364 e. The van der Waals surface area contributed by atoms with Gasteiger partial charge in [-0.1, -0.05) is 18.2 Å². The van der Waals surface area contributed by atoms with Gasteiger partial charge in [0, 0.05) is 36.4 Å². The number of imidazole rings is 1. The van der Waals surface area contributed by atoms with Gasteiger partial charge in [-0.05, 0) is 63.3 Å². The summed E-state index contributed by atoms with van der Waals surface area (Å²) in [5, 5.41) is 9.90. The van der Waals surface area contributed by atoms with Crippen molar-refractivity contribution in [3.05, 3.63) is 60.3 Å². The summed E-state index contributed by atoms with van der Waals surface area (Å²) in [4.78, 5) is 30.3. The lowest BCUT2D eigenvalue weighted by molar-refractivity contribution is -0.120. The van der Waals surface area contributed by atoms with Gasteiger partial charge in [0.05, 0.1) is 18.6 Å². The van der Waals surface area contributed by atoms with E-state index in [1.165, 1.54) is 12.1 Å². The maximum absolute atomic E-state index is 13.6. The minimum atomic E-state index is -0.288. The molecule has 0 bridgehead atoms. The average molecular weight is 532 g/mol. The smallest absolute Gasteiger partial charge is 0.233 e. The maximum atomic E-state index is 13.6. The van der Waals surface area contributed by atoms with Crippen LogP contribution in [0.5, 0.6) is 0 Å². The van der Waals surface area contributed by atoms with E-state index in [-0.39, 0.29) is 36.4 Å². The molecule has 1 fully saturated rings. The number of amides is 1. The Balaban J connectivity index is 1.31. The highest BCUT2D eigenvalue weighted by atomic mass is 19.1. The number of carbonyl (C=O) groups excluding carboxylic acids is 1. The van der Waals surface area contributed by atoms with E-state index < -0.39 is 0 Å². The Morgan fingerprint density at radius 2 is 1.90 bits per heavy atom. The zero-order valence-electron chi connectivity index (χ0n) is 22.2. The molecule has 0 spiro atoms. The van der Waals surface area contributed by atoms with E-state index in [4.69, 9.17) is 15.7 Å². The van der Waals surface area contributed by atoms with E-state index in [1.54, 1.807) is 18.6 Å². The van der Waals surface area contributed by atoms with Crippen LogP contribution in [0.15, 0.2) is 48.9 Å². The van der Waals surface area contributed by atoms with Crippen LogP contribution >= 0.6 is 0 Å². The van der Waals surface area contributed by atoms with Crippen molar-refractivity contribution < 1.29 is 9.18 Å². The number of nitrogens with two attached hydrogens (primary N) is 1. The number of hydrogen-bond acceptors (Lipinski definition) is 8. The van der Waals surface area contributed by atoms with E-state index in [2.05, 4.69) is 39.8 Å². The Morgan fingerprint density at radius 3 is 2.59 bits per heavy atom. The molecule has 1 saturated carbocycles. The molecule has 204 valence electrons. The van der Waals surface area contributed by atoms with Crippen LogP contribution in [-0.2, 0) is 11.3 Å². The third-order valence-electron chi connectivity index (χ3n) is 6.99. The third-order valence-corrected chi connectivity index (χ3v) is 6.99. The SMILES string of the molecule is CC(C)n1cnc2c(NCc3ccc(-c4cccc(F)c4)nc3)nc(NC3CCC(NC(=O)CN)CC3)nc21. The number of aromatic nitrogens is 5. The first-order valence-corrected chi connectivity index (χ1v) is 13.3. The first-order chi connectivity index (χ1) is 18.9. The molecule has 1 aliphatic rings. The second-order valence-corrected chi connectivity index (χ2v) is 10.2. The van der Waals surface area contributed by atoms with E-state index in [1.807, 2.05) is 22.8 Å². The summed E-state index contributed by atoms with van der Waals surface area (Å²) in [5.74, 6) is 0.780. The van der Waals surface area contributed by atoms with Gasteiger partial charge < -0.3 is 26.3 Å². The van der Waals surface area contributed by atoms with Crippen LogP contribution in [0.2, 0.25) is 0 Å². The highest BCUT2D eigenvalue weighted by molar-refractivity contribution is 5.84. The molecule has 1 amide bonds. The molecule has 0 atom stereocenters. The van der Waals surface area contributed by atoms with Crippen LogP contribution in [0.25, 0.3) is 22.4 Å². The number of rotatable bonds is 9. The summed E-state index contributed by atoms with van der Waals surface area (Å²) >= 11 is 0. The zero-order valence-corrected chi connectivity index (χ0v) is 22.2. The molecule has 0 radical (unpaired) electrons. The molecule has 10 nitrogen and oxygen atoms in total. The lowest BCUT2D eigenvalue weighted by Crippen LogP contribution is -2.42. The number of pyridine rings is 1. The molecule has 39 heavy (non-hydrogen) atoms. The second kappa shape index (κ2) is 11.7. The van der Waals surface area contributed by atoms with Gasteiger partial charge in [-0.2, -0.15) is 9.97 Å². The molecule has 4 aromatic rings. The van der Waals surface area contributed by atoms with Crippen molar-refractivity contribution in [2.45, 2.75) is 64.2 Å². The van der Waals surface area contributed by atoms with Crippen LogP contribution in [0.1, 0.15) is 51.1 Å². The predicted molar refractivity (Wildman–Crippen MR) is 150 cm³/mol. The number of benzene rings is 1. The van der Waals surface area contributed by atoms with Crippen LogP contribution in [0.3, 0.4) is 0 Å². The number of halogens is 1. The quantitative estimate of drug-likeness (QED) is 0.254. The first kappa shape index (κ1) is 26.5. The monoisotopic (exact) mass is 531 g/mol. The molecule has 3 aromatic heterocycles. The van der Waals surface area contributed by atoms with Crippen molar-refractivity contribution >= 4 is 28.8 Å². The minimum Gasteiger partial charge on any atom is -0.364 e. The molecule has 5 N–H and O–H groups in total. The van der Waals surface area contributed by atoms with Gasteiger partial charge in [0.2, 0.25) is 11.9 Å². The lowest BCUT2D eigenvalue weighted by Gasteiger charge is -2.29. The van der Waals surface area contributed by atoms with E-state index in [0.29, 0.717) is 29.5 Å². The summed E-state index contributed by atoms with van der Waals surface area (Å²) in [6.45, 7) is 4.68. The molecule has 0 saturated heterocycles. The maximum Gasteiger partial charge on any atom is 0.233 e. The molecular weight excluding hydrogens is 497 g/mol. The Bertz CT molecular complexity index is 1430. The highest BCUT2D eigenvalue weighted by Crippen LogP contribution is 2.27. The number of anilines is 2. The van der Waals surface area contributed by atoms with Crippen LogP contribution in [-0.4, -0.2) is 49.0 Å². The molecule has 0 aliphatic heterocycles. The fraction of sp³-hybridized carbons (Fsp3) is 0.393. The second-order valence-electron chi connectivity index (χ2n) is 10.2. The highest BCUT2D eigenvalue weighted by Gasteiger charge is 2.23. The number of nitrogens with zero attached hydrogens (tertiary/aromatic N) is 5. The molecule has 1 aromatic carbocycles. The van der Waals surface area contributed by atoms with Gasteiger partial charge in [-0.25, -0.2) is 9.37 Å². The molecular formula is C28H34FN9O. The summed E-state index contributed by atoms with van der Waals surface area (Å²) < 4.78 is 15.6. The average Bonchev–Trinajstić information content (AvgIpc) is 3.37. The van der Waals surface area contributed by atoms with Gasteiger partial charge >= 0.3 is 0 Å². The molecule has 5 rings (SSSR count). The summed E-state index contributed by atoms with van der Waals surface area (Å²) in [7, 11) is 0. The van der Waals surface area contributed by atoms with Gasteiger partial charge in [0.1, 0.15) is 5.82 Å². The van der Waals surface area contributed by atoms with E-state index in [0.717, 1.165) is 42.5 Å². The Kier molecular flexibility index (Phi) is 7.97. The van der Waals surface area contributed by atoms with Crippen LogP contribution in [0, 0.1) is 5.82 Å². The standard InChI is InChI=1S/C28H34FN9O/c1-17(2)38-16-33-25-26(32-15-18-6-11-23(31-14-18)19-4-3-5-20(29)12-19)36-28(37-27(25)38)35-22-9-7-21(8-10-22)34-24(39)13-30/h3-6,11-12,14,16-17,21-22H,7-10,13,15,30H2,1-2H3,(H,34,39)(H2,32,35,36,37). The number of hydrogen-bond donors (Lipinski definition) is 4. The zero-order chi connectivity index (χ0) is 27.4. The van der Waals surface area contributed by atoms with Crippen molar-refractivity contribution in [2.75, 3.05) is 17.2 Å². The topological polar surface area (TPSA) is 136 Å². The number of carbonyl (C=O) groups is 1. The summed E-state index contributed by atoms with van der Waals surface area (Å²) in [6.07, 6.45) is 7.11. The Morgan fingerprint density at radius 1 is 1.10 bits per heavy atom. The van der Waals surface area contributed by atoms with Gasteiger partial charge in [-0.3, -0.25) is 9.78 Å². The van der Waals surface area contributed by atoms with Crippen LogP contribution < -0.4 is 21.7 Å². The van der Waals surface area contributed by atoms with Crippen molar-refractivity contribution in [2.24, 2.45) is 5.73 Å². The molecule has 1 aliphatic carbocycles. The predicted octanol–water partition coefficient (Wildman–Crippen LogP) is 4.02. The first-order valence-electron chi connectivity index (χ1n) is 13.3. The van der Waals surface area contributed by atoms with Crippen molar-refractivity contribution in [3.63, 3.8) is 0 Å². The van der Waals surface area contributed by atoms with Gasteiger partial charge in [0.25, 0.3) is 0 Å². The third kappa shape index (κ3) is 6.31. The van der Waals surface area contributed by atoms with E-state index >= 15 is 0 Å². The lowest BCUT2D eigenvalue weighted by atomic mass is 9.91. The summed E-state index contributed by atoms with van der Waals surface area (Å²) in [6, 6.07) is 10.8. The van der Waals surface area contributed by atoms with Crippen LogP contribution in [0.4, 0.5) is 16.2 Å². The fourth-order valence-corrected chi connectivity index (χ4v) is 4.87. The van der Waals surface area contributed by atoms with Gasteiger partial charge in [0.15, 0.2) is 17.0 Å². The summed E-state index contributed by atoms with van der Waals surface area (Å²) in [5.41, 5.74) is 9.29. The normalized spacial score (nSPS) is 17.4. The van der Waals surface area contributed by atoms with E-state index in [9.17, 15) is 9.18 Å².